The van der Waals surface area contributed by atoms with Crippen LogP contribution < -0.4 is 14.4 Å². The number of fused-ring (bicyclic) bond motifs is 4. The summed E-state index contributed by atoms with van der Waals surface area (Å²) in [4.78, 5) is 37.6. The summed E-state index contributed by atoms with van der Waals surface area (Å²) in [7, 11) is 0. The third-order valence-electron chi connectivity index (χ3n) is 11.3. The topological polar surface area (TPSA) is 99.5 Å². The van der Waals surface area contributed by atoms with Crippen LogP contribution in [-0.2, 0) is 68.0 Å². The van der Waals surface area contributed by atoms with E-state index in [-0.39, 0.29) is 17.4 Å². The number of carbonyl (C=O) groups is 2. The lowest BCUT2D eigenvalue weighted by Crippen LogP contribution is -2.45. The van der Waals surface area contributed by atoms with Crippen molar-refractivity contribution in [1.29, 1.82) is 0 Å². The zero-order valence-electron chi connectivity index (χ0n) is 30.5. The molecular weight excluding hydrogens is 666 g/mol. The highest BCUT2D eigenvalue weighted by molar-refractivity contribution is 5.76. The molecule has 14 heteroatoms. The van der Waals surface area contributed by atoms with Crippen molar-refractivity contribution in [3.05, 3.63) is 69.6 Å². The third-order valence-corrected chi connectivity index (χ3v) is 11.3. The lowest BCUT2D eigenvalue weighted by molar-refractivity contribution is -0.705. The Balaban J connectivity index is 1.16. The fraction of sp³-hybridized carbons (Fsp3) is 0.526. The fourth-order valence-corrected chi connectivity index (χ4v) is 8.60. The van der Waals surface area contributed by atoms with E-state index < -0.39 is 6.43 Å². The number of hydrogen-bond acceptors (Lipinski definition) is 7. The molecule has 0 N–H and O–H groups in total. The van der Waals surface area contributed by atoms with Gasteiger partial charge in [0.1, 0.15) is 12.2 Å². The van der Waals surface area contributed by atoms with Crippen LogP contribution in [0.2, 0.25) is 0 Å². The Morgan fingerprint density at radius 3 is 2.08 bits per heavy atom. The van der Waals surface area contributed by atoms with Gasteiger partial charge in [0.05, 0.1) is 18.7 Å². The monoisotopic (exact) mass is 713 g/mol. The molecule has 4 aromatic heterocycles. The lowest BCUT2D eigenvalue weighted by Gasteiger charge is -2.32. The first-order valence-corrected chi connectivity index (χ1v) is 18.6. The summed E-state index contributed by atoms with van der Waals surface area (Å²) in [6.45, 7) is 12.6. The highest BCUT2D eigenvalue weighted by atomic mass is 19.3. The third kappa shape index (κ3) is 5.99. The highest BCUT2D eigenvalue weighted by Crippen LogP contribution is 2.40. The first-order valence-electron chi connectivity index (χ1n) is 18.6. The summed E-state index contributed by atoms with van der Waals surface area (Å²) >= 11 is 0. The van der Waals surface area contributed by atoms with Gasteiger partial charge >= 0.3 is 0 Å². The van der Waals surface area contributed by atoms with Crippen molar-refractivity contribution in [2.75, 3.05) is 36.0 Å². The molecule has 0 atom stereocenters. The van der Waals surface area contributed by atoms with Crippen LogP contribution in [0.15, 0.2) is 24.5 Å². The molecule has 52 heavy (non-hydrogen) atoms. The van der Waals surface area contributed by atoms with Crippen LogP contribution in [0.1, 0.15) is 85.1 Å². The minimum atomic E-state index is -2.64. The molecule has 2 amide bonds. The Labute approximate surface area is 302 Å². The van der Waals surface area contributed by atoms with Gasteiger partial charge in [0, 0.05) is 106 Å². The normalized spacial score (nSPS) is 16.9. The van der Waals surface area contributed by atoms with Crippen LogP contribution in [-0.4, -0.2) is 72.3 Å². The molecule has 0 radical (unpaired) electrons. The van der Waals surface area contributed by atoms with E-state index in [1.165, 1.54) is 5.56 Å². The summed E-state index contributed by atoms with van der Waals surface area (Å²) < 4.78 is 35.3. The molecule has 0 fully saturated rings. The van der Waals surface area contributed by atoms with Gasteiger partial charge in [-0.25, -0.2) is 8.78 Å². The summed E-state index contributed by atoms with van der Waals surface area (Å²) in [6, 6.07) is 3.75. The second-order valence-corrected chi connectivity index (χ2v) is 14.5. The van der Waals surface area contributed by atoms with Crippen molar-refractivity contribution in [1.82, 2.24) is 34.3 Å². The Morgan fingerprint density at radius 2 is 1.44 bits per heavy atom. The van der Waals surface area contributed by atoms with Gasteiger partial charge in [0.15, 0.2) is 24.4 Å². The number of hydrogen-bond donors (Lipinski definition) is 0. The zero-order chi connectivity index (χ0) is 36.3. The zero-order valence-corrected chi connectivity index (χ0v) is 30.5. The smallest absolute Gasteiger partial charge is 0.269 e. The number of carbonyl (C=O) groups excluding carboxylic acids is 2. The van der Waals surface area contributed by atoms with E-state index in [4.69, 9.17) is 10.2 Å². The number of aryl methyl sites for hydroxylation is 5. The van der Waals surface area contributed by atoms with E-state index in [9.17, 15) is 18.4 Å². The number of aromatic nitrogens is 6. The molecule has 0 unspecified atom stereocenters. The maximum absolute atomic E-state index is 14.6. The van der Waals surface area contributed by atoms with Gasteiger partial charge in [-0.2, -0.15) is 14.8 Å². The van der Waals surface area contributed by atoms with Crippen molar-refractivity contribution in [2.24, 2.45) is 0 Å². The molecule has 8 rings (SSSR count). The largest absolute Gasteiger partial charge is 0.338 e. The first kappa shape index (κ1) is 34.2. The van der Waals surface area contributed by atoms with Gasteiger partial charge < -0.3 is 19.6 Å². The van der Waals surface area contributed by atoms with Crippen molar-refractivity contribution in [3.63, 3.8) is 0 Å². The SMILES string of the molecule is CCn1nc(N2CCCc3c2cc(C(F)F)c[n+]3CCn2nc(N3CCCc4cnc(C)cc43)c3c2CCN(C(C)=O)C3)c2c1CCN(C(C)=O)C2. The molecule has 274 valence electrons. The van der Waals surface area contributed by atoms with Crippen LogP contribution >= 0.6 is 0 Å². The van der Waals surface area contributed by atoms with Gasteiger partial charge in [0.25, 0.3) is 6.43 Å². The molecule has 12 nitrogen and oxygen atoms in total. The Morgan fingerprint density at radius 1 is 0.827 bits per heavy atom. The predicted molar refractivity (Wildman–Crippen MR) is 191 cm³/mol. The molecule has 0 aromatic carbocycles. The maximum Gasteiger partial charge on any atom is 0.269 e. The van der Waals surface area contributed by atoms with E-state index in [0.29, 0.717) is 65.2 Å². The summed E-state index contributed by atoms with van der Waals surface area (Å²) in [5.41, 5.74) is 9.22. The number of anilines is 4. The molecule has 0 saturated carbocycles. The van der Waals surface area contributed by atoms with Gasteiger partial charge in [-0.15, -0.1) is 0 Å². The van der Waals surface area contributed by atoms with E-state index >= 15 is 0 Å². The van der Waals surface area contributed by atoms with Gasteiger partial charge in [-0.1, -0.05) is 0 Å². The average molecular weight is 714 g/mol. The molecule has 0 saturated heterocycles. The maximum atomic E-state index is 14.6. The number of halogens is 2. The van der Waals surface area contributed by atoms with Crippen molar-refractivity contribution >= 4 is 34.8 Å². The Bertz CT molecular complexity index is 2060. The number of nitrogens with zero attached hydrogens (tertiary/aromatic N) is 10. The molecule has 4 aliphatic heterocycles. The van der Waals surface area contributed by atoms with Crippen LogP contribution in [0.25, 0.3) is 0 Å². The molecular formula is C38H47F2N10O2+. The number of rotatable bonds is 7. The molecule has 4 aromatic rings. The molecule has 0 aliphatic carbocycles. The standard InChI is InChI=1S/C38H47F2N10O2/c1-5-49-31-10-14-44(25(3)51)22-29(31)37(42-49)48-13-7-9-33-35(48)19-28(36(39)40)21-46(33)16-17-50-32-11-15-45(26(4)52)23-30(32)38(43-50)47-12-6-8-27-20-41-24(2)18-34(27)47/h18-21,36H,5-17,22-23H2,1-4H3/q+1. The van der Waals surface area contributed by atoms with E-state index in [2.05, 4.69) is 32.5 Å². The number of alkyl halides is 2. The van der Waals surface area contributed by atoms with Gasteiger partial charge in [-0.05, 0) is 50.8 Å². The predicted octanol–water partition coefficient (Wildman–Crippen LogP) is 4.71. The Kier molecular flexibility index (Phi) is 8.94. The number of amides is 2. The second kappa shape index (κ2) is 13.6. The average Bonchev–Trinajstić information content (AvgIpc) is 3.70. The van der Waals surface area contributed by atoms with Crippen molar-refractivity contribution in [3.8, 4) is 0 Å². The van der Waals surface area contributed by atoms with Crippen LogP contribution in [0.5, 0.6) is 0 Å². The summed E-state index contributed by atoms with van der Waals surface area (Å²) in [6.07, 6.45) is 5.84. The molecule has 0 bridgehead atoms. The first-order chi connectivity index (χ1) is 25.1. The minimum absolute atomic E-state index is 0.0207. The van der Waals surface area contributed by atoms with Crippen molar-refractivity contribution < 1.29 is 22.9 Å². The second-order valence-electron chi connectivity index (χ2n) is 14.5. The van der Waals surface area contributed by atoms with E-state index in [1.807, 2.05) is 32.2 Å². The van der Waals surface area contributed by atoms with Crippen LogP contribution in [0.3, 0.4) is 0 Å². The highest BCUT2D eigenvalue weighted by Gasteiger charge is 2.36. The molecule has 0 spiro atoms. The van der Waals surface area contributed by atoms with E-state index in [1.54, 1.807) is 26.1 Å². The van der Waals surface area contributed by atoms with Crippen LogP contribution in [0, 0.1) is 6.92 Å². The molecule has 4 aliphatic rings. The summed E-state index contributed by atoms with van der Waals surface area (Å²) in [5, 5.41) is 10.3. The summed E-state index contributed by atoms with van der Waals surface area (Å²) in [5.74, 6) is 1.68. The number of pyridine rings is 2. The fourth-order valence-electron chi connectivity index (χ4n) is 8.60. The van der Waals surface area contributed by atoms with Gasteiger partial charge in [-0.3, -0.25) is 23.9 Å². The van der Waals surface area contributed by atoms with Crippen molar-refractivity contribution in [2.45, 2.75) is 105 Å². The lowest BCUT2D eigenvalue weighted by atomic mass is 10.0. The van der Waals surface area contributed by atoms with Gasteiger partial charge in [0.2, 0.25) is 17.5 Å². The quantitative estimate of drug-likeness (QED) is 0.256. The van der Waals surface area contributed by atoms with Crippen LogP contribution in [0.4, 0.5) is 31.8 Å². The Hall–Kier alpha value is -4.88. The van der Waals surface area contributed by atoms with E-state index in [0.717, 1.165) is 89.1 Å². The molecule has 8 heterocycles. The minimum Gasteiger partial charge on any atom is -0.338 e.